The van der Waals surface area contributed by atoms with Gasteiger partial charge in [0.05, 0.1) is 4.90 Å². The maximum Gasteiger partial charge on any atom is 0.240 e. The summed E-state index contributed by atoms with van der Waals surface area (Å²) in [5.41, 5.74) is 0. The summed E-state index contributed by atoms with van der Waals surface area (Å²) >= 11 is 2.05. The predicted molar refractivity (Wildman–Crippen MR) is 103 cm³/mol. The highest BCUT2D eigenvalue weighted by Crippen LogP contribution is 2.32. The van der Waals surface area contributed by atoms with Crippen LogP contribution >= 0.6 is 11.8 Å². The SMILES string of the molecule is O=S(=O)(NCC1CCN(C2CCSC2)CC1)c1ccc2c(c1)OCCO2. The van der Waals surface area contributed by atoms with Crippen LogP contribution in [0.25, 0.3) is 0 Å². The van der Waals surface area contributed by atoms with Gasteiger partial charge in [0.1, 0.15) is 13.2 Å². The Labute approximate surface area is 159 Å². The molecule has 0 radical (unpaired) electrons. The smallest absolute Gasteiger partial charge is 0.240 e. The fraction of sp³-hybridized carbons (Fsp3) is 0.667. The topological polar surface area (TPSA) is 67.9 Å². The van der Waals surface area contributed by atoms with Crippen LogP contribution in [0.15, 0.2) is 23.1 Å². The molecule has 0 amide bonds. The standard InChI is InChI=1S/C18H26N2O4S2/c21-26(22,16-1-2-17-18(11-16)24-9-8-23-17)19-12-14-3-6-20(7-4-14)15-5-10-25-13-15/h1-2,11,14-15,19H,3-10,12-13H2. The van der Waals surface area contributed by atoms with E-state index in [-0.39, 0.29) is 4.90 Å². The van der Waals surface area contributed by atoms with Gasteiger partial charge in [-0.3, -0.25) is 4.90 Å². The quantitative estimate of drug-likeness (QED) is 0.818. The lowest BCUT2D eigenvalue weighted by atomic mass is 9.96. The molecule has 0 bridgehead atoms. The predicted octanol–water partition coefficient (Wildman–Crippen LogP) is 1.95. The van der Waals surface area contributed by atoms with Crippen LogP contribution in [0.2, 0.25) is 0 Å². The summed E-state index contributed by atoms with van der Waals surface area (Å²) < 4.78 is 39.0. The van der Waals surface area contributed by atoms with E-state index in [2.05, 4.69) is 9.62 Å². The molecule has 1 unspecified atom stereocenters. The number of ether oxygens (including phenoxy) is 2. The first-order valence-corrected chi connectivity index (χ1v) is 12.0. The zero-order valence-electron chi connectivity index (χ0n) is 14.9. The van der Waals surface area contributed by atoms with Crippen LogP contribution in [0.4, 0.5) is 0 Å². The van der Waals surface area contributed by atoms with Crippen molar-refractivity contribution < 1.29 is 17.9 Å². The molecular weight excluding hydrogens is 372 g/mol. The van der Waals surface area contributed by atoms with Gasteiger partial charge in [-0.05, 0) is 56.2 Å². The molecule has 2 saturated heterocycles. The van der Waals surface area contributed by atoms with Crippen LogP contribution in [-0.4, -0.2) is 63.7 Å². The third-order valence-corrected chi connectivity index (χ3v) is 8.02. The highest BCUT2D eigenvalue weighted by atomic mass is 32.2. The van der Waals surface area contributed by atoms with E-state index in [1.54, 1.807) is 18.2 Å². The van der Waals surface area contributed by atoms with Gasteiger partial charge in [0.2, 0.25) is 10.0 Å². The number of piperidine rings is 1. The lowest BCUT2D eigenvalue weighted by molar-refractivity contribution is 0.145. The van der Waals surface area contributed by atoms with Gasteiger partial charge in [0.15, 0.2) is 11.5 Å². The molecule has 6 nitrogen and oxygen atoms in total. The number of likely N-dealkylation sites (tertiary alicyclic amines) is 1. The molecule has 0 saturated carbocycles. The Morgan fingerprint density at radius 1 is 1.12 bits per heavy atom. The molecule has 0 spiro atoms. The molecule has 1 aromatic carbocycles. The molecule has 2 fully saturated rings. The Morgan fingerprint density at radius 3 is 2.62 bits per heavy atom. The average molecular weight is 399 g/mol. The van der Waals surface area contributed by atoms with Crippen molar-refractivity contribution in [2.75, 3.05) is 44.4 Å². The molecule has 3 aliphatic rings. The summed E-state index contributed by atoms with van der Waals surface area (Å²) in [6.45, 7) is 3.62. The van der Waals surface area contributed by atoms with E-state index < -0.39 is 10.0 Å². The Bertz CT molecular complexity index is 727. The van der Waals surface area contributed by atoms with Crippen LogP contribution in [0.3, 0.4) is 0 Å². The van der Waals surface area contributed by atoms with Crippen molar-refractivity contribution in [2.45, 2.75) is 30.2 Å². The Morgan fingerprint density at radius 2 is 1.88 bits per heavy atom. The van der Waals surface area contributed by atoms with E-state index in [1.807, 2.05) is 11.8 Å². The van der Waals surface area contributed by atoms with E-state index in [1.165, 1.54) is 17.9 Å². The van der Waals surface area contributed by atoms with E-state index in [0.717, 1.165) is 32.0 Å². The molecular formula is C18H26N2O4S2. The first-order valence-electron chi connectivity index (χ1n) is 9.33. The average Bonchev–Trinajstić information content (AvgIpc) is 3.21. The van der Waals surface area contributed by atoms with Crippen LogP contribution in [-0.2, 0) is 10.0 Å². The molecule has 1 aromatic rings. The number of sulfonamides is 1. The van der Waals surface area contributed by atoms with Crippen molar-refractivity contribution in [2.24, 2.45) is 5.92 Å². The molecule has 3 heterocycles. The number of rotatable bonds is 5. The first kappa shape index (κ1) is 18.4. The van der Waals surface area contributed by atoms with E-state index in [0.29, 0.717) is 37.2 Å². The van der Waals surface area contributed by atoms with Crippen LogP contribution in [0, 0.1) is 5.92 Å². The fourth-order valence-electron chi connectivity index (χ4n) is 3.83. The minimum absolute atomic E-state index is 0.238. The zero-order chi connectivity index (χ0) is 18.0. The monoisotopic (exact) mass is 398 g/mol. The lowest BCUT2D eigenvalue weighted by Crippen LogP contribution is -2.43. The maximum atomic E-state index is 12.6. The number of nitrogens with zero attached hydrogens (tertiary/aromatic N) is 1. The number of nitrogens with one attached hydrogen (secondary N) is 1. The maximum absolute atomic E-state index is 12.6. The summed E-state index contributed by atoms with van der Waals surface area (Å²) in [7, 11) is -3.52. The zero-order valence-corrected chi connectivity index (χ0v) is 16.5. The normalized spacial score (nSPS) is 24.7. The number of benzene rings is 1. The summed E-state index contributed by atoms with van der Waals surface area (Å²) in [5.74, 6) is 4.04. The minimum atomic E-state index is -3.52. The third-order valence-electron chi connectivity index (χ3n) is 5.46. The number of thioether (sulfide) groups is 1. The lowest BCUT2D eigenvalue weighted by Gasteiger charge is -2.35. The summed E-state index contributed by atoms with van der Waals surface area (Å²) in [6, 6.07) is 5.53. The first-order chi connectivity index (χ1) is 12.6. The van der Waals surface area contributed by atoms with Crippen LogP contribution < -0.4 is 14.2 Å². The second-order valence-corrected chi connectivity index (χ2v) is 10.1. The molecule has 144 valence electrons. The highest BCUT2D eigenvalue weighted by molar-refractivity contribution is 7.99. The third kappa shape index (κ3) is 4.13. The largest absolute Gasteiger partial charge is 0.486 e. The number of fused-ring (bicyclic) bond motifs is 1. The van der Waals surface area contributed by atoms with Gasteiger partial charge in [-0.15, -0.1) is 0 Å². The number of hydrogen-bond donors (Lipinski definition) is 1. The molecule has 4 rings (SSSR count). The van der Waals surface area contributed by atoms with Crippen molar-refractivity contribution in [3.63, 3.8) is 0 Å². The van der Waals surface area contributed by atoms with Crippen LogP contribution in [0.1, 0.15) is 19.3 Å². The second kappa shape index (κ2) is 7.96. The summed E-state index contributed by atoms with van der Waals surface area (Å²) in [5, 5.41) is 0. The van der Waals surface area contributed by atoms with Crippen LogP contribution in [0.5, 0.6) is 11.5 Å². The highest BCUT2D eigenvalue weighted by Gasteiger charge is 2.28. The van der Waals surface area contributed by atoms with Crippen molar-refractivity contribution in [3.8, 4) is 11.5 Å². The molecule has 26 heavy (non-hydrogen) atoms. The molecule has 8 heteroatoms. The van der Waals surface area contributed by atoms with Crippen molar-refractivity contribution >= 4 is 21.8 Å². The molecule has 0 aliphatic carbocycles. The van der Waals surface area contributed by atoms with Gasteiger partial charge in [-0.2, -0.15) is 11.8 Å². The van der Waals surface area contributed by atoms with Gasteiger partial charge >= 0.3 is 0 Å². The van der Waals surface area contributed by atoms with Gasteiger partial charge in [0, 0.05) is 24.4 Å². The van der Waals surface area contributed by atoms with Gasteiger partial charge in [-0.1, -0.05) is 0 Å². The van der Waals surface area contributed by atoms with E-state index in [4.69, 9.17) is 9.47 Å². The fourth-order valence-corrected chi connectivity index (χ4v) is 6.22. The van der Waals surface area contributed by atoms with Crippen molar-refractivity contribution in [3.05, 3.63) is 18.2 Å². The molecule has 0 aromatic heterocycles. The van der Waals surface area contributed by atoms with Gasteiger partial charge in [-0.25, -0.2) is 13.1 Å². The van der Waals surface area contributed by atoms with E-state index >= 15 is 0 Å². The molecule has 1 atom stereocenters. The molecule has 1 N–H and O–H groups in total. The Kier molecular flexibility index (Phi) is 5.63. The van der Waals surface area contributed by atoms with Crippen molar-refractivity contribution in [1.82, 2.24) is 9.62 Å². The second-order valence-electron chi connectivity index (χ2n) is 7.15. The molecule has 3 aliphatic heterocycles. The Hall–Kier alpha value is -0.960. The van der Waals surface area contributed by atoms with Gasteiger partial charge < -0.3 is 9.47 Å². The van der Waals surface area contributed by atoms with Gasteiger partial charge in [0.25, 0.3) is 0 Å². The number of hydrogen-bond acceptors (Lipinski definition) is 6. The minimum Gasteiger partial charge on any atom is -0.486 e. The van der Waals surface area contributed by atoms with E-state index in [9.17, 15) is 8.42 Å². The summed E-state index contributed by atoms with van der Waals surface area (Å²) in [6.07, 6.45) is 3.42. The Balaban J connectivity index is 1.31. The summed E-state index contributed by atoms with van der Waals surface area (Å²) in [4.78, 5) is 2.83. The van der Waals surface area contributed by atoms with Crippen molar-refractivity contribution in [1.29, 1.82) is 0 Å².